The number of benzene rings is 2. The number of rotatable bonds is 5. The molecule has 0 aromatic heterocycles. The van der Waals surface area contributed by atoms with Gasteiger partial charge in [0.15, 0.2) is 0 Å². The first-order valence-electron chi connectivity index (χ1n) is 7.21. The van der Waals surface area contributed by atoms with Gasteiger partial charge in [-0.2, -0.15) is 0 Å². The van der Waals surface area contributed by atoms with Crippen molar-refractivity contribution in [2.45, 2.75) is 26.8 Å². The van der Waals surface area contributed by atoms with Gasteiger partial charge in [0.05, 0.1) is 0 Å². The molecule has 2 nitrogen and oxygen atoms in total. The highest BCUT2D eigenvalue weighted by atomic mass is 79.9. The van der Waals surface area contributed by atoms with Crippen molar-refractivity contribution in [3.8, 4) is 0 Å². The van der Waals surface area contributed by atoms with Crippen LogP contribution in [-0.2, 0) is 6.54 Å². The molecule has 0 aliphatic heterocycles. The zero-order valence-electron chi connectivity index (χ0n) is 12.5. The molecular formula is C18H20BrNO. The van der Waals surface area contributed by atoms with Crippen molar-refractivity contribution in [1.82, 2.24) is 4.90 Å². The Balaban J connectivity index is 2.20. The van der Waals surface area contributed by atoms with Gasteiger partial charge in [-0.25, -0.2) is 0 Å². The number of hydrogen-bond donors (Lipinski definition) is 0. The predicted molar refractivity (Wildman–Crippen MR) is 90.4 cm³/mol. The van der Waals surface area contributed by atoms with Gasteiger partial charge in [-0.15, -0.1) is 0 Å². The van der Waals surface area contributed by atoms with Crippen molar-refractivity contribution in [1.29, 1.82) is 0 Å². The van der Waals surface area contributed by atoms with Crippen LogP contribution in [0.2, 0.25) is 0 Å². The van der Waals surface area contributed by atoms with E-state index >= 15 is 0 Å². The van der Waals surface area contributed by atoms with E-state index in [4.69, 9.17) is 0 Å². The Morgan fingerprint density at radius 2 is 1.86 bits per heavy atom. The van der Waals surface area contributed by atoms with Crippen LogP contribution in [0.1, 0.15) is 34.8 Å². The number of carbonyl (C=O) groups excluding carboxylic acids is 1. The lowest BCUT2D eigenvalue weighted by Crippen LogP contribution is -2.31. The Morgan fingerprint density at radius 1 is 1.14 bits per heavy atom. The zero-order chi connectivity index (χ0) is 15.2. The SMILES string of the molecule is CCCN(Cc1ccccc1)C(=O)c1ccc(C)c(Br)c1. The third kappa shape index (κ3) is 4.18. The van der Waals surface area contributed by atoms with E-state index in [-0.39, 0.29) is 5.91 Å². The van der Waals surface area contributed by atoms with Crippen molar-refractivity contribution in [3.05, 3.63) is 69.7 Å². The van der Waals surface area contributed by atoms with Crippen LogP contribution in [0.25, 0.3) is 0 Å². The quantitative estimate of drug-likeness (QED) is 0.761. The smallest absolute Gasteiger partial charge is 0.254 e. The second-order valence-electron chi connectivity index (χ2n) is 5.18. The molecule has 2 aromatic rings. The fraction of sp³-hybridized carbons (Fsp3) is 0.278. The van der Waals surface area contributed by atoms with Crippen LogP contribution < -0.4 is 0 Å². The van der Waals surface area contributed by atoms with Crippen LogP contribution in [0.3, 0.4) is 0 Å². The molecule has 3 heteroatoms. The summed E-state index contributed by atoms with van der Waals surface area (Å²) in [6.45, 7) is 5.53. The van der Waals surface area contributed by atoms with E-state index in [1.165, 1.54) is 0 Å². The standard InChI is InChI=1S/C18H20BrNO/c1-3-11-20(13-15-7-5-4-6-8-15)18(21)16-10-9-14(2)17(19)12-16/h4-10,12H,3,11,13H2,1-2H3. The molecule has 110 valence electrons. The Bertz CT molecular complexity index is 610. The maximum absolute atomic E-state index is 12.7. The number of nitrogens with zero attached hydrogens (tertiary/aromatic N) is 1. The number of carbonyl (C=O) groups is 1. The predicted octanol–water partition coefficient (Wildman–Crippen LogP) is 4.81. The Hall–Kier alpha value is -1.61. The lowest BCUT2D eigenvalue weighted by atomic mass is 10.1. The van der Waals surface area contributed by atoms with E-state index in [1.54, 1.807) is 0 Å². The average Bonchev–Trinajstić information content (AvgIpc) is 2.50. The van der Waals surface area contributed by atoms with Crippen LogP contribution in [0.5, 0.6) is 0 Å². The van der Waals surface area contributed by atoms with Crippen LogP contribution in [0.15, 0.2) is 53.0 Å². The number of hydrogen-bond acceptors (Lipinski definition) is 1. The van der Waals surface area contributed by atoms with E-state index in [1.807, 2.05) is 48.2 Å². The minimum atomic E-state index is 0.0846. The van der Waals surface area contributed by atoms with Crippen molar-refractivity contribution >= 4 is 21.8 Å². The highest BCUT2D eigenvalue weighted by molar-refractivity contribution is 9.10. The Kier molecular flexibility index (Phi) is 5.57. The van der Waals surface area contributed by atoms with E-state index < -0.39 is 0 Å². The molecule has 2 aromatic carbocycles. The summed E-state index contributed by atoms with van der Waals surface area (Å²) in [5, 5.41) is 0. The molecule has 0 unspecified atom stereocenters. The van der Waals surface area contributed by atoms with Gasteiger partial charge in [0.1, 0.15) is 0 Å². The van der Waals surface area contributed by atoms with Gasteiger partial charge in [-0.05, 0) is 36.6 Å². The summed E-state index contributed by atoms with van der Waals surface area (Å²) < 4.78 is 0.976. The normalized spacial score (nSPS) is 10.4. The summed E-state index contributed by atoms with van der Waals surface area (Å²) in [6, 6.07) is 15.9. The fourth-order valence-corrected chi connectivity index (χ4v) is 2.61. The summed E-state index contributed by atoms with van der Waals surface area (Å²) in [7, 11) is 0. The number of aryl methyl sites for hydroxylation is 1. The summed E-state index contributed by atoms with van der Waals surface area (Å²) in [4.78, 5) is 14.6. The van der Waals surface area contributed by atoms with E-state index in [0.29, 0.717) is 6.54 Å². The van der Waals surface area contributed by atoms with Gasteiger partial charge in [0.25, 0.3) is 5.91 Å². The average molecular weight is 346 g/mol. The van der Waals surface area contributed by atoms with E-state index in [0.717, 1.165) is 34.1 Å². The van der Waals surface area contributed by atoms with Crippen molar-refractivity contribution in [2.24, 2.45) is 0 Å². The molecule has 21 heavy (non-hydrogen) atoms. The Labute approximate surface area is 134 Å². The first-order valence-corrected chi connectivity index (χ1v) is 8.00. The van der Waals surface area contributed by atoms with Crippen LogP contribution in [0.4, 0.5) is 0 Å². The summed E-state index contributed by atoms with van der Waals surface area (Å²) >= 11 is 3.50. The van der Waals surface area contributed by atoms with Crippen LogP contribution in [-0.4, -0.2) is 17.4 Å². The molecule has 0 radical (unpaired) electrons. The molecular weight excluding hydrogens is 326 g/mol. The second-order valence-corrected chi connectivity index (χ2v) is 6.03. The third-order valence-electron chi connectivity index (χ3n) is 3.42. The molecule has 1 amide bonds. The van der Waals surface area contributed by atoms with E-state index in [9.17, 15) is 4.79 Å². The topological polar surface area (TPSA) is 20.3 Å². The first kappa shape index (κ1) is 15.8. The molecule has 0 saturated heterocycles. The van der Waals surface area contributed by atoms with Gasteiger partial charge >= 0.3 is 0 Å². The molecule has 0 N–H and O–H groups in total. The molecule has 0 spiro atoms. The second kappa shape index (κ2) is 7.41. The van der Waals surface area contributed by atoms with Crippen molar-refractivity contribution in [2.75, 3.05) is 6.54 Å². The minimum absolute atomic E-state index is 0.0846. The van der Waals surface area contributed by atoms with E-state index in [2.05, 4.69) is 35.0 Å². The lowest BCUT2D eigenvalue weighted by molar-refractivity contribution is 0.0743. The van der Waals surface area contributed by atoms with Gasteiger partial charge in [-0.3, -0.25) is 4.79 Å². The van der Waals surface area contributed by atoms with Gasteiger partial charge < -0.3 is 4.90 Å². The lowest BCUT2D eigenvalue weighted by Gasteiger charge is -2.22. The Morgan fingerprint density at radius 3 is 2.48 bits per heavy atom. The highest BCUT2D eigenvalue weighted by Gasteiger charge is 2.16. The molecule has 2 rings (SSSR count). The van der Waals surface area contributed by atoms with Gasteiger partial charge in [0, 0.05) is 23.1 Å². The maximum atomic E-state index is 12.7. The number of halogens is 1. The molecule has 0 fully saturated rings. The molecule has 0 aliphatic carbocycles. The molecule has 0 heterocycles. The number of amides is 1. The summed E-state index contributed by atoms with van der Waals surface area (Å²) in [6.07, 6.45) is 0.950. The van der Waals surface area contributed by atoms with Gasteiger partial charge in [-0.1, -0.05) is 59.3 Å². The zero-order valence-corrected chi connectivity index (χ0v) is 14.1. The summed E-state index contributed by atoms with van der Waals surface area (Å²) in [5.41, 5.74) is 3.03. The molecule has 0 bridgehead atoms. The van der Waals surface area contributed by atoms with Crippen LogP contribution >= 0.6 is 15.9 Å². The monoisotopic (exact) mass is 345 g/mol. The molecule has 0 aliphatic rings. The van der Waals surface area contributed by atoms with Crippen molar-refractivity contribution in [3.63, 3.8) is 0 Å². The largest absolute Gasteiger partial charge is 0.334 e. The van der Waals surface area contributed by atoms with Gasteiger partial charge in [0.2, 0.25) is 0 Å². The molecule has 0 saturated carbocycles. The fourth-order valence-electron chi connectivity index (χ4n) is 2.23. The third-order valence-corrected chi connectivity index (χ3v) is 4.27. The summed E-state index contributed by atoms with van der Waals surface area (Å²) in [5.74, 6) is 0.0846. The maximum Gasteiger partial charge on any atom is 0.254 e. The molecule has 0 atom stereocenters. The highest BCUT2D eigenvalue weighted by Crippen LogP contribution is 2.19. The van der Waals surface area contributed by atoms with Crippen LogP contribution in [0, 0.1) is 6.92 Å². The van der Waals surface area contributed by atoms with Crippen molar-refractivity contribution < 1.29 is 4.79 Å². The minimum Gasteiger partial charge on any atom is -0.334 e. The first-order chi connectivity index (χ1) is 10.1.